The van der Waals surface area contributed by atoms with E-state index < -0.39 is 32.5 Å². The molecule has 0 aliphatic rings. The summed E-state index contributed by atoms with van der Waals surface area (Å²) in [6, 6.07) is 1.58. The number of alkyl halides is 3. The van der Waals surface area contributed by atoms with Gasteiger partial charge >= 0.3 is 6.18 Å². The molecule has 0 heterocycles. The minimum atomic E-state index is -4.94. The molecule has 0 aliphatic heterocycles. The van der Waals surface area contributed by atoms with Crippen LogP contribution in [0.15, 0.2) is 23.1 Å². The van der Waals surface area contributed by atoms with Crippen molar-refractivity contribution in [2.24, 2.45) is 0 Å². The summed E-state index contributed by atoms with van der Waals surface area (Å²) >= 11 is 0. The summed E-state index contributed by atoms with van der Waals surface area (Å²) in [7, 11) is -2.40. The van der Waals surface area contributed by atoms with Gasteiger partial charge in [0.1, 0.15) is 5.82 Å². The molecule has 0 radical (unpaired) electrons. The smallest absolute Gasteiger partial charge is 0.320 e. The van der Waals surface area contributed by atoms with E-state index in [1.54, 1.807) is 7.05 Å². The predicted molar refractivity (Wildman–Crippen MR) is 65.1 cm³/mol. The molecule has 0 fully saturated rings. The average Bonchev–Trinajstić information content (AvgIpc) is 2.33. The molecule has 1 rings (SSSR count). The summed E-state index contributed by atoms with van der Waals surface area (Å²) in [6.45, 7) is 0.627. The molecular weight excluding hydrogens is 300 g/mol. The quantitative estimate of drug-likeness (QED) is 0.621. The van der Waals surface area contributed by atoms with E-state index in [2.05, 4.69) is 10.0 Å². The van der Waals surface area contributed by atoms with Crippen LogP contribution >= 0.6 is 0 Å². The molecule has 114 valence electrons. The van der Waals surface area contributed by atoms with Gasteiger partial charge in [0.05, 0.1) is 10.5 Å². The van der Waals surface area contributed by atoms with Crippen LogP contribution in [-0.4, -0.2) is 28.6 Å². The van der Waals surface area contributed by atoms with Gasteiger partial charge in [-0.15, -0.1) is 0 Å². The van der Waals surface area contributed by atoms with Gasteiger partial charge in [0.2, 0.25) is 10.0 Å². The van der Waals surface area contributed by atoms with Gasteiger partial charge in [-0.2, -0.15) is 13.2 Å². The lowest BCUT2D eigenvalue weighted by Crippen LogP contribution is -2.27. The van der Waals surface area contributed by atoms with Gasteiger partial charge in [-0.1, -0.05) is 0 Å². The fourth-order valence-electron chi connectivity index (χ4n) is 1.44. The van der Waals surface area contributed by atoms with Crippen molar-refractivity contribution in [2.45, 2.75) is 17.5 Å². The molecule has 1 aromatic carbocycles. The zero-order chi connectivity index (χ0) is 15.4. The number of hydrogen-bond acceptors (Lipinski definition) is 3. The van der Waals surface area contributed by atoms with Crippen LogP contribution in [0.25, 0.3) is 0 Å². The molecule has 20 heavy (non-hydrogen) atoms. The highest BCUT2D eigenvalue weighted by Gasteiger charge is 2.35. The Labute approximate surface area is 114 Å². The zero-order valence-corrected chi connectivity index (χ0v) is 11.4. The van der Waals surface area contributed by atoms with Crippen molar-refractivity contribution in [1.82, 2.24) is 10.0 Å². The van der Waals surface area contributed by atoms with Gasteiger partial charge in [0.15, 0.2) is 0 Å². The van der Waals surface area contributed by atoms with E-state index in [9.17, 15) is 26.0 Å². The van der Waals surface area contributed by atoms with Gasteiger partial charge in [0, 0.05) is 6.54 Å². The largest absolute Gasteiger partial charge is 0.419 e. The molecule has 2 N–H and O–H groups in total. The highest BCUT2D eigenvalue weighted by Crippen LogP contribution is 2.32. The van der Waals surface area contributed by atoms with Crippen molar-refractivity contribution in [1.29, 1.82) is 0 Å². The number of nitrogens with one attached hydrogen (secondary N) is 2. The maximum atomic E-state index is 13.1. The van der Waals surface area contributed by atoms with E-state index in [0.717, 1.165) is 6.07 Å². The first kappa shape index (κ1) is 16.9. The second kappa shape index (κ2) is 6.51. The molecule has 0 spiro atoms. The second-order valence-corrected chi connectivity index (χ2v) is 5.76. The Morgan fingerprint density at radius 2 is 1.85 bits per heavy atom. The summed E-state index contributed by atoms with van der Waals surface area (Å²) in [4.78, 5) is -0.615. The van der Waals surface area contributed by atoms with Gasteiger partial charge in [-0.25, -0.2) is 17.5 Å². The van der Waals surface area contributed by atoms with Crippen LogP contribution in [0.1, 0.15) is 12.0 Å². The molecule has 0 bridgehead atoms. The van der Waals surface area contributed by atoms with Crippen molar-refractivity contribution in [3.63, 3.8) is 0 Å². The van der Waals surface area contributed by atoms with Gasteiger partial charge in [0.25, 0.3) is 0 Å². The zero-order valence-electron chi connectivity index (χ0n) is 10.6. The van der Waals surface area contributed by atoms with Gasteiger partial charge in [-0.3, -0.25) is 0 Å². The van der Waals surface area contributed by atoms with E-state index in [1.807, 2.05) is 0 Å². The third kappa shape index (κ3) is 4.43. The van der Waals surface area contributed by atoms with Crippen molar-refractivity contribution in [3.05, 3.63) is 29.6 Å². The topological polar surface area (TPSA) is 58.2 Å². The molecule has 0 aromatic heterocycles. The molecule has 9 heteroatoms. The van der Waals surface area contributed by atoms with Crippen LogP contribution in [0.4, 0.5) is 17.6 Å². The minimum absolute atomic E-state index is 0.0713. The van der Waals surface area contributed by atoms with Crippen LogP contribution < -0.4 is 10.0 Å². The molecule has 0 unspecified atom stereocenters. The molecule has 0 atom stereocenters. The first-order valence-electron chi connectivity index (χ1n) is 5.69. The van der Waals surface area contributed by atoms with Crippen LogP contribution in [0.5, 0.6) is 0 Å². The Balaban J connectivity index is 2.96. The van der Waals surface area contributed by atoms with Crippen molar-refractivity contribution in [2.75, 3.05) is 20.1 Å². The Morgan fingerprint density at radius 3 is 2.40 bits per heavy atom. The maximum Gasteiger partial charge on any atom is 0.419 e. The average molecular weight is 314 g/mol. The first-order chi connectivity index (χ1) is 9.18. The summed E-state index contributed by atoms with van der Waals surface area (Å²) in [5.74, 6) is -1.51. The predicted octanol–water partition coefficient (Wildman–Crippen LogP) is 1.73. The number of hydrogen-bond donors (Lipinski definition) is 2. The highest BCUT2D eigenvalue weighted by molar-refractivity contribution is 7.89. The lowest BCUT2D eigenvalue weighted by Gasteiger charge is -2.11. The molecule has 4 nitrogen and oxygen atoms in total. The SMILES string of the molecule is CNCCCNS(=O)(=O)c1ccc(F)c(C(F)(F)F)c1. The van der Waals surface area contributed by atoms with E-state index in [1.165, 1.54) is 0 Å². The number of rotatable bonds is 6. The molecule has 0 amide bonds. The first-order valence-corrected chi connectivity index (χ1v) is 7.18. The fraction of sp³-hybridized carbons (Fsp3) is 0.455. The third-order valence-electron chi connectivity index (χ3n) is 2.45. The monoisotopic (exact) mass is 314 g/mol. The lowest BCUT2D eigenvalue weighted by molar-refractivity contribution is -0.140. The Kier molecular flexibility index (Phi) is 5.49. The van der Waals surface area contributed by atoms with Gasteiger partial charge < -0.3 is 5.32 Å². The highest BCUT2D eigenvalue weighted by atomic mass is 32.2. The van der Waals surface area contributed by atoms with Crippen LogP contribution in [0.2, 0.25) is 0 Å². The van der Waals surface area contributed by atoms with E-state index in [4.69, 9.17) is 0 Å². The summed E-state index contributed by atoms with van der Waals surface area (Å²) in [6.07, 6.45) is -4.47. The van der Waals surface area contributed by atoms with E-state index >= 15 is 0 Å². The molecule has 1 aromatic rings. The summed E-state index contributed by atoms with van der Waals surface area (Å²) < 4.78 is 76.3. The third-order valence-corrected chi connectivity index (χ3v) is 3.91. The molecule has 0 saturated heterocycles. The summed E-state index contributed by atoms with van der Waals surface area (Å²) in [5, 5.41) is 2.80. The van der Waals surface area contributed by atoms with E-state index in [0.29, 0.717) is 19.0 Å². The Hall–Kier alpha value is -1.19. The number of halogens is 4. The Morgan fingerprint density at radius 1 is 1.20 bits per heavy atom. The van der Waals surface area contributed by atoms with Crippen LogP contribution in [0.3, 0.4) is 0 Å². The lowest BCUT2D eigenvalue weighted by atomic mass is 10.2. The molecular formula is C11H14F4N2O2S. The van der Waals surface area contributed by atoms with Gasteiger partial charge in [-0.05, 0) is 38.2 Å². The maximum absolute atomic E-state index is 13.1. The second-order valence-electron chi connectivity index (χ2n) is 3.99. The Bertz CT molecular complexity index is 558. The minimum Gasteiger partial charge on any atom is -0.320 e. The summed E-state index contributed by atoms with van der Waals surface area (Å²) in [5.41, 5.74) is -1.60. The van der Waals surface area contributed by atoms with E-state index in [-0.39, 0.29) is 12.6 Å². The standard InChI is InChI=1S/C11H14F4N2O2S/c1-16-5-2-6-17-20(18,19)8-3-4-10(12)9(7-8)11(13,14)15/h3-4,7,16-17H,2,5-6H2,1H3. The van der Waals surface area contributed by atoms with Crippen molar-refractivity contribution in [3.8, 4) is 0 Å². The number of benzene rings is 1. The van der Waals surface area contributed by atoms with Crippen LogP contribution in [0, 0.1) is 5.82 Å². The van der Waals surface area contributed by atoms with Crippen LogP contribution in [-0.2, 0) is 16.2 Å². The van der Waals surface area contributed by atoms with Crippen molar-refractivity contribution >= 4 is 10.0 Å². The van der Waals surface area contributed by atoms with Crippen molar-refractivity contribution < 1.29 is 26.0 Å². The molecule has 0 aliphatic carbocycles. The normalized spacial score (nSPS) is 12.7. The fourth-order valence-corrected chi connectivity index (χ4v) is 2.54. The molecule has 0 saturated carbocycles. The number of sulfonamides is 1.